The Bertz CT molecular complexity index is 6710. The van der Waals surface area contributed by atoms with Gasteiger partial charge in [0.2, 0.25) is 0 Å². The maximum Gasteiger partial charge on any atom is 0.252 e. The molecule has 0 N–H and O–H groups in total. The Morgan fingerprint density at radius 3 is 1.39 bits per heavy atom. The summed E-state index contributed by atoms with van der Waals surface area (Å²) in [7, 11) is 0. The van der Waals surface area contributed by atoms with Crippen molar-refractivity contribution in [2.24, 2.45) is 0 Å². The van der Waals surface area contributed by atoms with Gasteiger partial charge in [-0.1, -0.05) is 305 Å². The predicted octanol–water partition coefficient (Wildman–Crippen LogP) is 23.9. The number of hydrogen-bond acceptors (Lipinski definition) is 2. The van der Waals surface area contributed by atoms with E-state index < -0.39 is 29.6 Å². The molecule has 5 heteroatoms. The van der Waals surface area contributed by atoms with Crippen molar-refractivity contribution in [3.8, 4) is 50.2 Å². The van der Waals surface area contributed by atoms with Crippen LogP contribution < -0.4 is 26.2 Å². The van der Waals surface area contributed by atoms with Crippen LogP contribution in [0.2, 0.25) is 0 Å². The first-order chi connectivity index (χ1) is 55.3. The van der Waals surface area contributed by atoms with Gasteiger partial charge in [0.05, 0.1) is 27.4 Å². The molecule has 0 radical (unpaired) electrons. The molecule has 2 aliphatic carbocycles. The van der Waals surface area contributed by atoms with Crippen LogP contribution in [0.1, 0.15) is 135 Å². The molecule has 2 aliphatic heterocycles. The topological polar surface area (TPSA) is 16.3 Å². The largest absolute Gasteiger partial charge is 0.340 e. The molecule has 2 aromatic heterocycles. The van der Waals surface area contributed by atoms with Crippen molar-refractivity contribution in [3.05, 3.63) is 359 Å². The molecule has 1 spiro atoms. The molecule has 0 unspecified atom stereocenters. The minimum absolute atomic E-state index is 0.101. The van der Waals surface area contributed by atoms with Crippen molar-refractivity contribution < 1.29 is 11.0 Å². The van der Waals surface area contributed by atoms with Crippen LogP contribution in [-0.2, 0) is 47.7 Å². The number of aromatic nitrogens is 2. The Balaban J connectivity index is 0.826. The smallest absolute Gasteiger partial charge is 0.252 e. The minimum Gasteiger partial charge on any atom is -0.340 e. The van der Waals surface area contributed by atoms with E-state index in [9.17, 15) is 5.48 Å². The van der Waals surface area contributed by atoms with Gasteiger partial charge in [0.15, 0.2) is 0 Å². The molecule has 0 saturated heterocycles. The number of fused-ring (bicyclic) bond motifs is 20. The van der Waals surface area contributed by atoms with Crippen LogP contribution in [0.15, 0.2) is 303 Å². The first-order valence-electron chi connectivity index (χ1n) is 42.0. The van der Waals surface area contributed by atoms with Crippen molar-refractivity contribution in [2.75, 3.05) is 9.80 Å². The van der Waals surface area contributed by atoms with Crippen molar-refractivity contribution >= 4 is 89.5 Å². The van der Waals surface area contributed by atoms with Gasteiger partial charge in [-0.2, -0.15) is 0 Å². The van der Waals surface area contributed by atoms with Gasteiger partial charge in [-0.15, -0.1) is 0 Å². The summed E-state index contributed by atoms with van der Waals surface area (Å²) in [4.78, 5) is 5.28. The first-order valence-corrected chi connectivity index (χ1v) is 38.0. The van der Waals surface area contributed by atoms with Crippen LogP contribution in [0.4, 0.5) is 22.7 Å². The molecule has 14 aromatic carbocycles. The van der Waals surface area contributed by atoms with Gasteiger partial charge in [0, 0.05) is 80.6 Å². The molecule has 0 saturated carbocycles. The van der Waals surface area contributed by atoms with Gasteiger partial charge in [-0.05, 0) is 206 Å². The molecule has 4 heterocycles. The second kappa shape index (κ2) is 24.2. The van der Waals surface area contributed by atoms with Crippen LogP contribution in [0.25, 0.3) is 93.8 Å². The summed E-state index contributed by atoms with van der Waals surface area (Å²) in [5.74, 6) is 0. The Labute approximate surface area is 641 Å². The lowest BCUT2D eigenvalue weighted by atomic mass is 9.33. The van der Waals surface area contributed by atoms with Gasteiger partial charge >= 0.3 is 0 Å². The summed E-state index contributed by atoms with van der Waals surface area (Å²) >= 11 is 0. The fraction of sp³-hybridized carbons (Fsp3) is 0.176. The van der Waals surface area contributed by atoms with Crippen molar-refractivity contribution in [1.29, 1.82) is 0 Å². The van der Waals surface area contributed by atoms with E-state index in [2.05, 4.69) is 331 Å². The Hall–Kier alpha value is -11.7. The fourth-order valence-corrected chi connectivity index (χ4v) is 18.7. The predicted molar refractivity (Wildman–Crippen MR) is 454 cm³/mol. The van der Waals surface area contributed by atoms with Gasteiger partial charge in [0.1, 0.15) is 0 Å². The average Bonchev–Trinajstić information content (AvgIpc) is 1.51. The number of nitrogens with zero attached hydrogens (tertiary/aromatic N) is 4. The fourth-order valence-electron chi connectivity index (χ4n) is 18.7. The van der Waals surface area contributed by atoms with E-state index in [-0.39, 0.29) is 75.5 Å². The normalized spacial score (nSPS) is 14.9. The lowest BCUT2D eigenvalue weighted by molar-refractivity contribution is 0.590. The van der Waals surface area contributed by atoms with E-state index in [1.165, 1.54) is 116 Å². The zero-order chi connectivity index (χ0) is 79.4. The van der Waals surface area contributed by atoms with Crippen LogP contribution >= 0.6 is 0 Å². The van der Waals surface area contributed by atoms with E-state index in [0.29, 0.717) is 25.9 Å². The zero-order valence-corrected chi connectivity index (χ0v) is 62.2. The molecule has 0 fully saturated rings. The highest BCUT2D eigenvalue weighted by Gasteiger charge is 2.52. The molecular weight excluding hydrogens is 1290 g/mol. The molecule has 4 aliphatic rings. The Morgan fingerprint density at radius 1 is 0.355 bits per heavy atom. The number of para-hydroxylation sites is 3. The van der Waals surface area contributed by atoms with Crippen LogP contribution in [0.3, 0.4) is 0 Å². The molecule has 107 heavy (non-hydrogen) atoms. The summed E-state index contributed by atoms with van der Waals surface area (Å²) in [5.41, 5.74) is 32.8. The third-order valence-corrected chi connectivity index (χ3v) is 24.0. The van der Waals surface area contributed by atoms with Crippen molar-refractivity contribution in [1.82, 2.24) is 9.13 Å². The van der Waals surface area contributed by atoms with E-state index in [1.54, 1.807) is 4.57 Å². The summed E-state index contributed by atoms with van der Waals surface area (Å²) in [6.07, 6.45) is 1.02. The first kappa shape index (κ1) is 56.7. The quantitative estimate of drug-likeness (QED) is 0.120. The SMILES string of the molecule is [2H]c1c([2H])c([2H])c2c(c1[2H])c1c([2H])c([2H])c([2H])c([2H])c1n2CCCc1ccc2c(c1)N(Cc1ccc(C(C)(C)C)cc1-c1ccccc1)c1cc(C(C)(C)C)cc3c1B2c1ccc(-n2c4ccccc4c4cc5c(cc42)C2(c4ccccc4-c4ccccc42)c2ccccc2-5)cc1N3Cc1ccc(C(C)(C)C)cc1-c1ccccc1. The molecule has 20 rings (SSSR count). The Morgan fingerprint density at radius 2 is 0.841 bits per heavy atom. The second-order valence-electron chi connectivity index (χ2n) is 33.3. The second-order valence-corrected chi connectivity index (χ2v) is 33.3. The van der Waals surface area contributed by atoms with Gasteiger partial charge < -0.3 is 18.9 Å². The number of anilines is 4. The summed E-state index contributed by atoms with van der Waals surface area (Å²) in [6.45, 7) is 21.8. The molecular formula is C102H87BN4. The van der Waals surface area contributed by atoms with Gasteiger partial charge in [0.25, 0.3) is 6.71 Å². The van der Waals surface area contributed by atoms with E-state index in [4.69, 9.17) is 5.48 Å². The molecule has 0 amide bonds. The molecule has 16 aromatic rings. The van der Waals surface area contributed by atoms with Crippen molar-refractivity contribution in [2.45, 2.75) is 116 Å². The molecule has 0 atom stereocenters. The molecule has 0 bridgehead atoms. The number of hydrogen-bond donors (Lipinski definition) is 0. The van der Waals surface area contributed by atoms with E-state index >= 15 is 0 Å². The number of aryl methyl sites for hydroxylation is 2. The highest BCUT2D eigenvalue weighted by atomic mass is 15.2. The standard InChI is InChI=1S/C102H87BN4/c1-99(2,3)70-49-47-68(80(56-70)66-30-12-10-13-31-66)63-105-94-55-65(29-28-54-104-90-43-25-19-37-77(90)78-38-20-26-44-91(78)104)46-52-88(94)103-89-53-51-73(60-95(89)106(97-59-72(101(7,8)9)58-96(105)98(97)103)64-69-48-50-71(100(4,5)6)57-81(69)67-32-14-11-15-33-67)107-92-45-27-21-39-79(92)83-61-82-76-36-18-24-42-86(76)102(87(82)62-93(83)107)84-40-22-16-34-74(84)75-35-17-23-41-85(75)102/h10-27,30-53,55-62H,28-29,54,63-64H2,1-9H3/i19D,20D,25D,26D,37D,38D,43D,44D. The van der Waals surface area contributed by atoms with E-state index in [0.717, 1.165) is 50.6 Å². The minimum atomic E-state index is -0.556. The zero-order valence-electron chi connectivity index (χ0n) is 70.2. The summed E-state index contributed by atoms with van der Waals surface area (Å²) in [5, 5.41) is 2.59. The third-order valence-electron chi connectivity index (χ3n) is 24.0. The monoisotopic (exact) mass is 1390 g/mol. The molecule has 518 valence electrons. The number of rotatable bonds is 11. The maximum absolute atomic E-state index is 9.33. The van der Waals surface area contributed by atoms with Gasteiger partial charge in [-0.25, -0.2) is 0 Å². The number of benzene rings is 14. The van der Waals surface area contributed by atoms with Gasteiger partial charge in [-0.3, -0.25) is 0 Å². The highest BCUT2D eigenvalue weighted by molar-refractivity contribution is 7.00. The van der Waals surface area contributed by atoms with Crippen molar-refractivity contribution in [3.63, 3.8) is 0 Å². The van der Waals surface area contributed by atoms with E-state index in [1.807, 2.05) is 0 Å². The lowest BCUT2D eigenvalue weighted by Gasteiger charge is -2.45. The summed E-state index contributed by atoms with van der Waals surface area (Å²) in [6, 6.07) is 93.8. The Kier molecular flexibility index (Phi) is 12.8. The maximum atomic E-state index is 9.33. The summed E-state index contributed by atoms with van der Waals surface area (Å²) < 4.78 is 76.5. The molecule has 4 nitrogen and oxygen atoms in total. The van der Waals surface area contributed by atoms with Crippen LogP contribution in [0.5, 0.6) is 0 Å². The lowest BCUT2D eigenvalue weighted by Crippen LogP contribution is -2.62. The highest BCUT2D eigenvalue weighted by Crippen LogP contribution is 2.64. The van der Waals surface area contributed by atoms with Crippen LogP contribution in [-0.4, -0.2) is 15.8 Å². The third kappa shape index (κ3) is 10.1. The average molecular weight is 1390 g/mol. The van der Waals surface area contributed by atoms with Crippen LogP contribution in [0, 0.1) is 0 Å².